The van der Waals surface area contributed by atoms with Gasteiger partial charge in [0.15, 0.2) is 0 Å². The summed E-state index contributed by atoms with van der Waals surface area (Å²) in [5.74, 6) is -0.204. The molecule has 122 valence electrons. The molecule has 0 aliphatic heterocycles. The molecule has 1 aromatic heterocycles. The van der Waals surface area contributed by atoms with E-state index in [9.17, 15) is 9.59 Å². The van der Waals surface area contributed by atoms with Crippen LogP contribution in [0, 0.1) is 6.92 Å². The van der Waals surface area contributed by atoms with E-state index in [0.717, 1.165) is 5.56 Å². The van der Waals surface area contributed by atoms with Crippen molar-refractivity contribution in [1.29, 1.82) is 0 Å². The van der Waals surface area contributed by atoms with E-state index >= 15 is 0 Å². The second kappa shape index (κ2) is 6.66. The van der Waals surface area contributed by atoms with Gasteiger partial charge in [-0.15, -0.1) is 0 Å². The summed E-state index contributed by atoms with van der Waals surface area (Å²) in [4.78, 5) is 29.1. The fourth-order valence-electron chi connectivity index (χ4n) is 2.73. The molecule has 0 fully saturated rings. The quantitative estimate of drug-likeness (QED) is 0.803. The van der Waals surface area contributed by atoms with Gasteiger partial charge in [-0.2, -0.15) is 0 Å². The zero-order valence-corrected chi connectivity index (χ0v) is 13.7. The number of fused-ring (bicyclic) bond motifs is 1. The van der Waals surface area contributed by atoms with E-state index in [0.29, 0.717) is 16.7 Å². The number of hydrogen-bond acceptors (Lipinski definition) is 3. The van der Waals surface area contributed by atoms with Crippen molar-refractivity contribution < 1.29 is 4.79 Å². The molecule has 5 heteroatoms. The molecule has 0 aliphatic carbocycles. The monoisotopic (exact) mass is 321 g/mol. The predicted octanol–water partition coefficient (Wildman–Crippen LogP) is 2.58. The molecule has 0 bridgehead atoms. The summed E-state index contributed by atoms with van der Waals surface area (Å²) in [5.41, 5.74) is 2.54. The minimum atomic E-state index is -0.240. The number of hydrogen-bond donors (Lipinski definition) is 1. The highest BCUT2D eigenvalue weighted by atomic mass is 16.2. The molecule has 0 aliphatic rings. The first-order chi connectivity index (χ1) is 11.6. The fraction of sp³-hybridized carbons (Fsp3) is 0.211. The molecule has 1 amide bonds. The van der Waals surface area contributed by atoms with E-state index in [2.05, 4.69) is 10.3 Å². The van der Waals surface area contributed by atoms with Crippen molar-refractivity contribution in [2.45, 2.75) is 26.4 Å². The minimum absolute atomic E-state index is 0.0279. The SMILES string of the molecule is Cc1nc2ccccc2n(CC(=O)N[C@H](C)c2ccccc2)c1=O. The van der Waals surface area contributed by atoms with Crippen LogP contribution in [0.25, 0.3) is 11.0 Å². The fourth-order valence-corrected chi connectivity index (χ4v) is 2.73. The first-order valence-corrected chi connectivity index (χ1v) is 7.87. The van der Waals surface area contributed by atoms with Crippen LogP contribution in [-0.4, -0.2) is 15.5 Å². The first kappa shape index (κ1) is 15.9. The lowest BCUT2D eigenvalue weighted by molar-refractivity contribution is -0.122. The second-order valence-corrected chi connectivity index (χ2v) is 5.78. The van der Waals surface area contributed by atoms with Gasteiger partial charge in [0.05, 0.1) is 17.1 Å². The molecular formula is C19H19N3O2. The molecule has 0 saturated heterocycles. The molecule has 3 aromatic rings. The number of aryl methyl sites for hydroxylation is 1. The van der Waals surface area contributed by atoms with Crippen molar-refractivity contribution >= 4 is 16.9 Å². The Morgan fingerprint density at radius 2 is 1.79 bits per heavy atom. The molecular weight excluding hydrogens is 302 g/mol. The van der Waals surface area contributed by atoms with Crippen LogP contribution < -0.4 is 10.9 Å². The lowest BCUT2D eigenvalue weighted by Gasteiger charge is -2.16. The molecule has 1 N–H and O–H groups in total. The molecule has 0 saturated carbocycles. The normalized spacial score (nSPS) is 12.1. The summed E-state index contributed by atoms with van der Waals surface area (Å²) >= 11 is 0. The van der Waals surface area contributed by atoms with Gasteiger partial charge >= 0.3 is 0 Å². The van der Waals surface area contributed by atoms with Gasteiger partial charge in [0.25, 0.3) is 5.56 Å². The van der Waals surface area contributed by atoms with E-state index in [-0.39, 0.29) is 24.1 Å². The van der Waals surface area contributed by atoms with Crippen LogP contribution >= 0.6 is 0 Å². The summed E-state index contributed by atoms with van der Waals surface area (Å²) in [6, 6.07) is 16.9. The van der Waals surface area contributed by atoms with Crippen LogP contribution in [0.5, 0.6) is 0 Å². The molecule has 5 nitrogen and oxygen atoms in total. The molecule has 0 radical (unpaired) electrons. The van der Waals surface area contributed by atoms with Crippen molar-refractivity contribution in [3.63, 3.8) is 0 Å². The van der Waals surface area contributed by atoms with Gasteiger partial charge in [0.1, 0.15) is 12.2 Å². The van der Waals surface area contributed by atoms with Crippen molar-refractivity contribution in [2.75, 3.05) is 0 Å². The van der Waals surface area contributed by atoms with Gasteiger partial charge in [0, 0.05) is 0 Å². The van der Waals surface area contributed by atoms with E-state index in [1.54, 1.807) is 13.0 Å². The highest BCUT2D eigenvalue weighted by Gasteiger charge is 2.13. The van der Waals surface area contributed by atoms with Crippen LogP contribution in [0.15, 0.2) is 59.4 Å². The number of amides is 1. The number of benzene rings is 2. The van der Waals surface area contributed by atoms with Crippen molar-refractivity contribution in [1.82, 2.24) is 14.9 Å². The van der Waals surface area contributed by atoms with Crippen LogP contribution in [0.3, 0.4) is 0 Å². The molecule has 0 spiro atoms. The average molecular weight is 321 g/mol. The minimum Gasteiger partial charge on any atom is -0.348 e. The summed E-state index contributed by atoms with van der Waals surface area (Å²) in [6.07, 6.45) is 0. The maximum atomic E-state index is 12.4. The van der Waals surface area contributed by atoms with Gasteiger partial charge in [-0.05, 0) is 31.5 Å². The van der Waals surface area contributed by atoms with E-state index < -0.39 is 0 Å². The Kier molecular flexibility index (Phi) is 4.42. The number of carbonyl (C=O) groups excluding carboxylic acids is 1. The number of rotatable bonds is 4. The summed E-state index contributed by atoms with van der Waals surface area (Å²) in [7, 11) is 0. The number of aromatic nitrogens is 2. The molecule has 2 aromatic carbocycles. The lowest BCUT2D eigenvalue weighted by Crippen LogP contribution is -2.35. The van der Waals surface area contributed by atoms with E-state index in [1.807, 2.05) is 55.5 Å². The largest absolute Gasteiger partial charge is 0.348 e. The number of para-hydroxylation sites is 2. The van der Waals surface area contributed by atoms with Crippen LogP contribution in [0.2, 0.25) is 0 Å². The molecule has 1 heterocycles. The van der Waals surface area contributed by atoms with Gasteiger partial charge in [-0.1, -0.05) is 42.5 Å². The number of carbonyl (C=O) groups is 1. The van der Waals surface area contributed by atoms with Gasteiger partial charge in [-0.25, -0.2) is 4.98 Å². The van der Waals surface area contributed by atoms with Crippen LogP contribution in [-0.2, 0) is 11.3 Å². The lowest BCUT2D eigenvalue weighted by atomic mass is 10.1. The third-order valence-electron chi connectivity index (χ3n) is 3.99. The smallest absolute Gasteiger partial charge is 0.272 e. The number of nitrogens with one attached hydrogen (secondary N) is 1. The zero-order valence-electron chi connectivity index (χ0n) is 13.7. The summed E-state index contributed by atoms with van der Waals surface area (Å²) < 4.78 is 1.48. The summed E-state index contributed by atoms with van der Waals surface area (Å²) in [6.45, 7) is 3.56. The van der Waals surface area contributed by atoms with Crippen molar-refractivity contribution in [3.05, 3.63) is 76.2 Å². The molecule has 0 unspecified atom stereocenters. The van der Waals surface area contributed by atoms with Gasteiger partial charge in [0.2, 0.25) is 5.91 Å². The van der Waals surface area contributed by atoms with E-state index in [1.165, 1.54) is 4.57 Å². The van der Waals surface area contributed by atoms with Gasteiger partial charge < -0.3 is 5.32 Å². The van der Waals surface area contributed by atoms with Crippen LogP contribution in [0.4, 0.5) is 0 Å². The Balaban J connectivity index is 1.86. The maximum absolute atomic E-state index is 12.4. The Morgan fingerprint density at radius 1 is 1.12 bits per heavy atom. The number of nitrogens with zero attached hydrogens (tertiary/aromatic N) is 2. The standard InChI is InChI=1S/C19H19N3O2/c1-13(15-8-4-3-5-9-15)21-18(23)12-22-17-11-7-6-10-16(17)20-14(2)19(22)24/h3-11,13H,12H2,1-2H3,(H,21,23)/t13-/m1/s1. The van der Waals surface area contributed by atoms with Crippen molar-refractivity contribution in [3.8, 4) is 0 Å². The summed E-state index contributed by atoms with van der Waals surface area (Å²) in [5, 5.41) is 2.94. The third kappa shape index (κ3) is 3.20. The zero-order chi connectivity index (χ0) is 17.1. The maximum Gasteiger partial charge on any atom is 0.272 e. The Hall–Kier alpha value is -2.95. The highest BCUT2D eigenvalue weighted by molar-refractivity contribution is 5.80. The highest BCUT2D eigenvalue weighted by Crippen LogP contribution is 2.12. The van der Waals surface area contributed by atoms with Gasteiger partial charge in [-0.3, -0.25) is 14.2 Å². The molecule has 1 atom stereocenters. The Morgan fingerprint density at radius 3 is 2.54 bits per heavy atom. The average Bonchev–Trinajstić information content (AvgIpc) is 2.59. The molecule has 24 heavy (non-hydrogen) atoms. The Labute approximate surface area is 140 Å². The second-order valence-electron chi connectivity index (χ2n) is 5.78. The Bertz CT molecular complexity index is 932. The molecule has 3 rings (SSSR count). The topological polar surface area (TPSA) is 64.0 Å². The first-order valence-electron chi connectivity index (χ1n) is 7.87. The van der Waals surface area contributed by atoms with Crippen LogP contribution in [0.1, 0.15) is 24.2 Å². The van der Waals surface area contributed by atoms with Crippen molar-refractivity contribution in [2.24, 2.45) is 0 Å². The predicted molar refractivity (Wildman–Crippen MR) is 93.7 cm³/mol. The third-order valence-corrected chi connectivity index (χ3v) is 3.99. The van der Waals surface area contributed by atoms with E-state index in [4.69, 9.17) is 0 Å².